The Bertz CT molecular complexity index is 620. The molecule has 1 aliphatic heterocycles. The van der Waals surface area contributed by atoms with E-state index in [-0.39, 0.29) is 5.54 Å². The van der Waals surface area contributed by atoms with Gasteiger partial charge in [-0.05, 0) is 19.3 Å². The first-order valence-electron chi connectivity index (χ1n) is 6.64. The Balaban J connectivity index is 1.86. The van der Waals surface area contributed by atoms with Gasteiger partial charge in [0.1, 0.15) is 5.52 Å². The monoisotopic (exact) mass is 276 g/mol. The van der Waals surface area contributed by atoms with Crippen molar-refractivity contribution in [3.63, 3.8) is 0 Å². The second-order valence-corrected chi connectivity index (χ2v) is 6.15. The highest BCUT2D eigenvalue weighted by Gasteiger charge is 2.45. The molecular formula is C12H16N6S. The number of nitrogens with two attached hydrogens (primary N) is 1. The van der Waals surface area contributed by atoms with Gasteiger partial charge in [0.2, 0.25) is 5.95 Å². The molecule has 2 aliphatic rings. The molecule has 0 radical (unpaired) electrons. The summed E-state index contributed by atoms with van der Waals surface area (Å²) in [4.78, 5) is 16.5. The van der Waals surface area contributed by atoms with Crippen molar-refractivity contribution in [2.24, 2.45) is 0 Å². The summed E-state index contributed by atoms with van der Waals surface area (Å²) in [6, 6.07) is 0. The van der Waals surface area contributed by atoms with Crippen LogP contribution in [0.3, 0.4) is 0 Å². The first-order chi connectivity index (χ1) is 9.28. The molecule has 0 atom stereocenters. The van der Waals surface area contributed by atoms with Crippen molar-refractivity contribution in [2.75, 3.05) is 30.3 Å². The summed E-state index contributed by atoms with van der Waals surface area (Å²) < 4.78 is 0. The van der Waals surface area contributed by atoms with Crippen LogP contribution in [-0.4, -0.2) is 40.1 Å². The van der Waals surface area contributed by atoms with Gasteiger partial charge in [-0.15, -0.1) is 11.3 Å². The molecule has 3 heterocycles. The first-order valence-corrected chi connectivity index (χ1v) is 7.52. The summed E-state index contributed by atoms with van der Waals surface area (Å²) in [6.07, 6.45) is 3.73. The van der Waals surface area contributed by atoms with Gasteiger partial charge in [-0.2, -0.15) is 4.98 Å². The number of rotatable bonds is 1. The Kier molecular flexibility index (Phi) is 2.40. The maximum absolute atomic E-state index is 5.85. The van der Waals surface area contributed by atoms with E-state index in [4.69, 9.17) is 5.73 Å². The van der Waals surface area contributed by atoms with E-state index in [1.165, 1.54) is 30.6 Å². The maximum atomic E-state index is 5.85. The van der Waals surface area contributed by atoms with Crippen molar-refractivity contribution in [3.8, 4) is 0 Å². The number of nitrogens with one attached hydrogen (secondary N) is 1. The van der Waals surface area contributed by atoms with Gasteiger partial charge in [-0.1, -0.05) is 0 Å². The average molecular weight is 276 g/mol. The van der Waals surface area contributed by atoms with Crippen molar-refractivity contribution in [1.82, 2.24) is 20.3 Å². The molecular weight excluding hydrogens is 260 g/mol. The highest BCUT2D eigenvalue weighted by molar-refractivity contribution is 7.16. The van der Waals surface area contributed by atoms with Crippen molar-refractivity contribution >= 4 is 33.5 Å². The number of nitrogen functional groups attached to an aromatic ring is 1. The molecule has 0 unspecified atom stereocenters. The van der Waals surface area contributed by atoms with Crippen LogP contribution in [0.25, 0.3) is 10.3 Å². The molecule has 6 nitrogen and oxygen atoms in total. The Morgan fingerprint density at radius 3 is 3.05 bits per heavy atom. The van der Waals surface area contributed by atoms with Crippen LogP contribution >= 0.6 is 11.3 Å². The lowest BCUT2D eigenvalue weighted by atomic mass is 9.74. The Hall–Kier alpha value is -1.47. The molecule has 1 spiro atoms. The summed E-state index contributed by atoms with van der Waals surface area (Å²) in [7, 11) is 0. The van der Waals surface area contributed by atoms with Gasteiger partial charge in [-0.25, -0.2) is 9.97 Å². The summed E-state index contributed by atoms with van der Waals surface area (Å²) in [5.41, 5.74) is 8.78. The number of thiazole rings is 1. The Morgan fingerprint density at radius 2 is 2.26 bits per heavy atom. The van der Waals surface area contributed by atoms with E-state index in [2.05, 4.69) is 25.2 Å². The summed E-state index contributed by atoms with van der Waals surface area (Å²) >= 11 is 1.52. The second kappa shape index (κ2) is 4.01. The van der Waals surface area contributed by atoms with E-state index in [1.807, 2.05) is 5.51 Å². The quantitative estimate of drug-likeness (QED) is 0.809. The fourth-order valence-corrected chi connectivity index (χ4v) is 3.82. The lowest BCUT2D eigenvalue weighted by molar-refractivity contribution is 0.198. The molecule has 0 amide bonds. The second-order valence-electron chi connectivity index (χ2n) is 5.32. The number of hydrogen-bond acceptors (Lipinski definition) is 7. The molecule has 2 aromatic heterocycles. The molecule has 100 valence electrons. The van der Waals surface area contributed by atoms with Gasteiger partial charge in [0.05, 0.1) is 11.0 Å². The highest BCUT2D eigenvalue weighted by atomic mass is 32.1. The number of hydrogen-bond donors (Lipinski definition) is 2. The molecule has 0 aromatic carbocycles. The van der Waals surface area contributed by atoms with Crippen molar-refractivity contribution in [2.45, 2.75) is 24.8 Å². The minimum absolute atomic E-state index is 0.218. The SMILES string of the molecule is Nc1nc(N2CCNCC23CCC3)c2ncsc2n1. The van der Waals surface area contributed by atoms with Gasteiger partial charge in [0.15, 0.2) is 10.6 Å². The first kappa shape index (κ1) is 11.4. The van der Waals surface area contributed by atoms with Crippen LogP contribution in [0.4, 0.5) is 11.8 Å². The topological polar surface area (TPSA) is 80.0 Å². The zero-order valence-corrected chi connectivity index (χ0v) is 11.4. The van der Waals surface area contributed by atoms with Crippen molar-refractivity contribution in [1.29, 1.82) is 0 Å². The zero-order chi connectivity index (χ0) is 12.9. The van der Waals surface area contributed by atoms with E-state index in [1.54, 1.807) is 0 Å². The van der Waals surface area contributed by atoms with Crippen LogP contribution in [0.1, 0.15) is 19.3 Å². The lowest BCUT2D eigenvalue weighted by Crippen LogP contribution is -2.65. The van der Waals surface area contributed by atoms with Gasteiger partial charge in [0, 0.05) is 19.6 Å². The predicted octanol–water partition coefficient (Wildman–Crippen LogP) is 1.00. The molecule has 1 saturated carbocycles. The number of aromatic nitrogens is 3. The van der Waals surface area contributed by atoms with Crippen molar-refractivity contribution in [3.05, 3.63) is 5.51 Å². The normalized spacial score (nSPS) is 21.8. The van der Waals surface area contributed by atoms with Crippen LogP contribution in [0, 0.1) is 0 Å². The number of nitrogens with zero attached hydrogens (tertiary/aromatic N) is 4. The molecule has 2 fully saturated rings. The number of fused-ring (bicyclic) bond motifs is 1. The van der Waals surface area contributed by atoms with Crippen LogP contribution in [0.2, 0.25) is 0 Å². The van der Waals surface area contributed by atoms with E-state index >= 15 is 0 Å². The third-order valence-corrected chi connectivity index (χ3v) is 4.99. The summed E-state index contributed by atoms with van der Waals surface area (Å²) in [5, 5.41) is 3.50. The molecule has 19 heavy (non-hydrogen) atoms. The van der Waals surface area contributed by atoms with Crippen LogP contribution in [0.15, 0.2) is 5.51 Å². The highest BCUT2D eigenvalue weighted by Crippen LogP contribution is 2.42. The Labute approximate surface area is 115 Å². The smallest absolute Gasteiger partial charge is 0.223 e. The lowest BCUT2D eigenvalue weighted by Gasteiger charge is -2.53. The Morgan fingerprint density at radius 1 is 1.37 bits per heavy atom. The largest absolute Gasteiger partial charge is 0.368 e. The van der Waals surface area contributed by atoms with Gasteiger partial charge in [0.25, 0.3) is 0 Å². The van der Waals surface area contributed by atoms with Gasteiger partial charge >= 0.3 is 0 Å². The average Bonchev–Trinajstić information content (AvgIpc) is 2.83. The minimum atomic E-state index is 0.218. The summed E-state index contributed by atoms with van der Waals surface area (Å²) in [6.45, 7) is 2.98. The van der Waals surface area contributed by atoms with E-state index < -0.39 is 0 Å². The molecule has 1 saturated heterocycles. The molecule has 4 rings (SSSR count). The minimum Gasteiger partial charge on any atom is -0.368 e. The molecule has 0 bridgehead atoms. The van der Waals surface area contributed by atoms with Gasteiger partial charge < -0.3 is 16.0 Å². The molecule has 1 aliphatic carbocycles. The van der Waals surface area contributed by atoms with Crippen LogP contribution < -0.4 is 16.0 Å². The van der Waals surface area contributed by atoms with Gasteiger partial charge in [-0.3, -0.25) is 0 Å². The molecule has 3 N–H and O–H groups in total. The molecule has 7 heteroatoms. The fourth-order valence-electron chi connectivity index (χ4n) is 3.16. The van der Waals surface area contributed by atoms with Crippen LogP contribution in [-0.2, 0) is 0 Å². The predicted molar refractivity (Wildman–Crippen MR) is 76.4 cm³/mol. The van der Waals surface area contributed by atoms with Crippen molar-refractivity contribution < 1.29 is 0 Å². The van der Waals surface area contributed by atoms with E-state index in [0.29, 0.717) is 5.95 Å². The van der Waals surface area contributed by atoms with E-state index in [9.17, 15) is 0 Å². The van der Waals surface area contributed by atoms with E-state index in [0.717, 1.165) is 35.8 Å². The maximum Gasteiger partial charge on any atom is 0.223 e. The standard InChI is InChI=1S/C12H16N6S/c13-11-16-9(8-10(17-11)19-7-15-8)18-5-4-14-6-12(18)2-1-3-12/h7,14H,1-6H2,(H2,13,16,17). The third kappa shape index (κ3) is 1.61. The zero-order valence-electron chi connectivity index (χ0n) is 10.6. The number of anilines is 2. The fraction of sp³-hybridized carbons (Fsp3) is 0.583. The summed E-state index contributed by atoms with van der Waals surface area (Å²) in [5.74, 6) is 1.27. The number of piperazine rings is 1. The molecule has 2 aromatic rings. The van der Waals surface area contributed by atoms with Crippen LogP contribution in [0.5, 0.6) is 0 Å². The third-order valence-electron chi connectivity index (χ3n) is 4.28.